The summed E-state index contributed by atoms with van der Waals surface area (Å²) >= 11 is 0. The summed E-state index contributed by atoms with van der Waals surface area (Å²) in [5.41, 5.74) is 2.72. The number of anilines is 2. The Labute approximate surface area is 199 Å². The van der Waals surface area contributed by atoms with E-state index in [4.69, 9.17) is 10.5 Å². The molecule has 35 heavy (non-hydrogen) atoms. The Balaban J connectivity index is 1.52. The van der Waals surface area contributed by atoms with Crippen LogP contribution >= 0.6 is 0 Å². The molecule has 1 aromatic carbocycles. The van der Waals surface area contributed by atoms with Gasteiger partial charge in [0.1, 0.15) is 16.9 Å². The minimum absolute atomic E-state index is 0.0201. The van der Waals surface area contributed by atoms with Gasteiger partial charge < -0.3 is 30.4 Å². The maximum absolute atomic E-state index is 16.0. The highest BCUT2D eigenvalue weighted by Gasteiger charge is 2.61. The highest BCUT2D eigenvalue weighted by atomic mass is 19.1. The average molecular weight is 491 g/mol. The van der Waals surface area contributed by atoms with Crippen LogP contribution in [0.3, 0.4) is 0 Å². The molecule has 1 aromatic heterocycles. The van der Waals surface area contributed by atoms with Gasteiger partial charge in [0.25, 0.3) is 0 Å². The fourth-order valence-electron chi connectivity index (χ4n) is 5.43. The smallest absolute Gasteiger partial charge is 0.407 e. The van der Waals surface area contributed by atoms with Gasteiger partial charge in [-0.25, -0.2) is 18.4 Å². The van der Waals surface area contributed by atoms with Crippen molar-refractivity contribution in [2.75, 3.05) is 17.2 Å². The Morgan fingerprint density at radius 1 is 1.23 bits per heavy atom. The topological polar surface area (TPSA) is 127 Å². The molecule has 1 saturated heterocycles. The minimum atomic E-state index is -1.48. The Morgan fingerprint density at radius 3 is 2.40 bits per heavy atom. The molecular weight excluding hydrogens is 462 g/mol. The number of nitrogens with two attached hydrogens (primary N) is 1. The van der Waals surface area contributed by atoms with Crippen LogP contribution in [0.4, 0.5) is 25.0 Å². The Hall–Kier alpha value is -3.37. The third kappa shape index (κ3) is 3.68. The molecule has 5 rings (SSSR count). The molecule has 0 spiro atoms. The van der Waals surface area contributed by atoms with Crippen LogP contribution in [-0.4, -0.2) is 46.0 Å². The van der Waals surface area contributed by atoms with Crippen LogP contribution in [0.15, 0.2) is 11.0 Å². The zero-order chi connectivity index (χ0) is 25.6. The zero-order valence-corrected chi connectivity index (χ0v) is 19.9. The van der Waals surface area contributed by atoms with Crippen LogP contribution in [0.5, 0.6) is 0 Å². The first-order chi connectivity index (χ1) is 16.3. The predicted molar refractivity (Wildman–Crippen MR) is 125 cm³/mol. The number of ether oxygens (including phenoxy) is 1. The first-order valence-electron chi connectivity index (χ1n) is 11.7. The molecule has 2 saturated carbocycles. The SMILES string of the molecule is C[C@@H]1[C@H]2[C@@H](CN1c1c(F)c(N)c3c(=O)c(C(=O)O)cn(C4CC4)c3c1F)[C@@H]2NC(=O)OC(C)(C)C. The van der Waals surface area contributed by atoms with Crippen molar-refractivity contribution in [1.82, 2.24) is 9.88 Å². The van der Waals surface area contributed by atoms with E-state index in [2.05, 4.69) is 5.32 Å². The van der Waals surface area contributed by atoms with Crippen LogP contribution in [-0.2, 0) is 4.74 Å². The third-order valence-corrected chi connectivity index (χ3v) is 7.19. The average Bonchev–Trinajstić information content (AvgIpc) is 3.65. The molecule has 0 unspecified atom stereocenters. The number of halogens is 2. The summed E-state index contributed by atoms with van der Waals surface area (Å²) < 4.78 is 38.2. The van der Waals surface area contributed by atoms with E-state index in [0.29, 0.717) is 12.8 Å². The third-order valence-electron chi connectivity index (χ3n) is 7.19. The van der Waals surface area contributed by atoms with Crippen LogP contribution in [0.25, 0.3) is 10.9 Å². The number of fused-ring (bicyclic) bond motifs is 2. The number of nitrogens with one attached hydrogen (secondary N) is 1. The number of benzene rings is 1. The fourth-order valence-corrected chi connectivity index (χ4v) is 5.43. The van der Waals surface area contributed by atoms with E-state index in [0.717, 1.165) is 6.20 Å². The first kappa shape index (κ1) is 23.4. The highest BCUT2D eigenvalue weighted by molar-refractivity contribution is 6.00. The molecule has 9 nitrogen and oxygen atoms in total. The van der Waals surface area contributed by atoms with Crippen molar-refractivity contribution in [3.8, 4) is 0 Å². The van der Waals surface area contributed by atoms with E-state index in [-0.39, 0.29) is 47.7 Å². The maximum Gasteiger partial charge on any atom is 0.407 e. The van der Waals surface area contributed by atoms with Gasteiger partial charge in [0.05, 0.1) is 16.6 Å². The zero-order valence-electron chi connectivity index (χ0n) is 19.9. The van der Waals surface area contributed by atoms with E-state index < -0.39 is 51.4 Å². The number of hydrogen-bond acceptors (Lipinski definition) is 6. The lowest BCUT2D eigenvalue weighted by Crippen LogP contribution is -2.41. The molecule has 2 heterocycles. The number of alkyl carbamates (subject to hydrolysis) is 1. The van der Waals surface area contributed by atoms with E-state index in [1.54, 1.807) is 25.7 Å². The van der Waals surface area contributed by atoms with Crippen molar-refractivity contribution in [1.29, 1.82) is 0 Å². The summed E-state index contributed by atoms with van der Waals surface area (Å²) in [6.45, 7) is 7.40. The molecule has 4 N–H and O–H groups in total. The van der Waals surface area contributed by atoms with Gasteiger partial charge in [0.15, 0.2) is 11.6 Å². The van der Waals surface area contributed by atoms with Gasteiger partial charge in [0, 0.05) is 42.7 Å². The largest absolute Gasteiger partial charge is 0.477 e. The molecule has 11 heteroatoms. The highest BCUT2D eigenvalue weighted by Crippen LogP contribution is 2.53. The van der Waals surface area contributed by atoms with Gasteiger partial charge in [0.2, 0.25) is 5.43 Å². The number of carboxylic acid groups (broad SMARTS) is 1. The fraction of sp³-hybridized carbons (Fsp3) is 0.542. The number of nitrogens with zero attached hydrogens (tertiary/aromatic N) is 2. The summed E-state index contributed by atoms with van der Waals surface area (Å²) in [6, 6.07) is -0.668. The second-order valence-electron chi connectivity index (χ2n) is 10.7. The number of nitrogen functional groups attached to an aromatic ring is 1. The number of aromatic nitrogens is 1. The standard InChI is InChI=1S/C24H28F2N4O5/c1-9-13-11(18(13)28-23(34)35-24(2,3)4)7-29(9)20-15(25)17(27)14-19(16(20)26)30(10-5-6-10)8-12(21(14)31)22(32)33/h8-11,13,18H,5-7,27H2,1-4H3,(H,28,34)(H,32,33)/t9-,11-,13+,18+/m1/s1. The van der Waals surface area contributed by atoms with Crippen molar-refractivity contribution in [2.45, 2.75) is 64.3 Å². The van der Waals surface area contributed by atoms with Crippen LogP contribution in [0.2, 0.25) is 0 Å². The monoisotopic (exact) mass is 490 g/mol. The number of amides is 1. The molecular formula is C24H28F2N4O5. The lowest BCUT2D eigenvalue weighted by Gasteiger charge is -2.30. The maximum atomic E-state index is 16.0. The van der Waals surface area contributed by atoms with Crippen molar-refractivity contribution in [3.63, 3.8) is 0 Å². The summed E-state index contributed by atoms with van der Waals surface area (Å²) in [5.74, 6) is -3.54. The normalized spacial score (nSPS) is 25.5. The number of piperidine rings is 1. The number of carbonyl (C=O) groups is 2. The lowest BCUT2D eigenvalue weighted by molar-refractivity contribution is 0.0516. The molecule has 4 atom stereocenters. The van der Waals surface area contributed by atoms with Gasteiger partial charge in [-0.1, -0.05) is 0 Å². The molecule has 0 bridgehead atoms. The summed E-state index contributed by atoms with van der Waals surface area (Å²) in [7, 11) is 0. The number of pyridine rings is 1. The number of carboxylic acids is 1. The molecule has 2 aromatic rings. The Bertz CT molecular complexity index is 1330. The van der Waals surface area contributed by atoms with E-state index in [9.17, 15) is 19.5 Å². The Morgan fingerprint density at radius 2 is 1.89 bits per heavy atom. The van der Waals surface area contributed by atoms with Crippen molar-refractivity contribution in [3.05, 3.63) is 33.6 Å². The minimum Gasteiger partial charge on any atom is -0.477 e. The van der Waals surface area contributed by atoms with Crippen molar-refractivity contribution >= 4 is 34.3 Å². The predicted octanol–water partition coefficient (Wildman–Crippen LogP) is 3.24. The lowest BCUT2D eigenvalue weighted by atomic mass is 10.0. The molecule has 2 aliphatic carbocycles. The number of hydrogen-bond donors (Lipinski definition) is 3. The molecule has 0 radical (unpaired) electrons. The van der Waals surface area contributed by atoms with Gasteiger partial charge in [-0.15, -0.1) is 0 Å². The van der Waals surface area contributed by atoms with Crippen molar-refractivity contribution < 1.29 is 28.2 Å². The van der Waals surface area contributed by atoms with Gasteiger partial charge in [-0.3, -0.25) is 4.79 Å². The number of rotatable bonds is 4. The molecule has 188 valence electrons. The quantitative estimate of drug-likeness (QED) is 0.562. The van der Waals surface area contributed by atoms with Crippen molar-refractivity contribution in [2.24, 2.45) is 11.8 Å². The van der Waals surface area contributed by atoms with Gasteiger partial charge in [-0.2, -0.15) is 0 Å². The number of aromatic carboxylic acids is 1. The van der Waals surface area contributed by atoms with Crippen LogP contribution in [0.1, 0.15) is 56.9 Å². The van der Waals surface area contributed by atoms with E-state index >= 15 is 8.78 Å². The Kier molecular flexibility index (Phi) is 5.05. The molecule has 3 fully saturated rings. The van der Waals surface area contributed by atoms with Crippen LogP contribution in [0, 0.1) is 23.5 Å². The van der Waals surface area contributed by atoms with Crippen LogP contribution < -0.4 is 21.4 Å². The molecule has 1 amide bonds. The number of carbonyl (C=O) groups excluding carboxylic acids is 1. The van der Waals surface area contributed by atoms with Gasteiger partial charge in [-0.05, 0) is 40.5 Å². The molecule has 1 aliphatic heterocycles. The second kappa shape index (κ2) is 7.56. The first-order valence-corrected chi connectivity index (χ1v) is 11.7. The molecule has 3 aliphatic rings. The van der Waals surface area contributed by atoms with Gasteiger partial charge >= 0.3 is 12.1 Å². The van der Waals surface area contributed by atoms with E-state index in [1.807, 2.05) is 6.92 Å². The summed E-state index contributed by atoms with van der Waals surface area (Å²) in [4.78, 5) is 38.1. The van der Waals surface area contributed by atoms with E-state index in [1.165, 1.54) is 4.57 Å². The second-order valence-corrected chi connectivity index (χ2v) is 10.7. The summed E-state index contributed by atoms with van der Waals surface area (Å²) in [5, 5.41) is 11.8. The summed E-state index contributed by atoms with van der Waals surface area (Å²) in [6.07, 6.45) is 1.96.